The lowest BCUT2D eigenvalue weighted by Crippen LogP contribution is -2.36. The summed E-state index contributed by atoms with van der Waals surface area (Å²) in [5.41, 5.74) is 0.351. The molecule has 0 saturated heterocycles. The third-order valence-electron chi connectivity index (χ3n) is 0.831. The molecule has 0 aliphatic carbocycles. The molecule has 4 heteroatoms. The predicted octanol–water partition coefficient (Wildman–Crippen LogP) is 0.236. The van der Waals surface area contributed by atoms with Crippen molar-refractivity contribution in [3.05, 3.63) is 12.2 Å². The van der Waals surface area contributed by atoms with Gasteiger partial charge in [-0.05, 0) is 6.92 Å². The molecule has 0 bridgehead atoms. The number of carbonyl (C=O) groups is 1. The molecular weight excluding hydrogens is 154 g/mol. The van der Waals surface area contributed by atoms with Crippen LogP contribution >= 0.6 is 11.6 Å². The van der Waals surface area contributed by atoms with Gasteiger partial charge in [-0.25, -0.2) is 0 Å². The number of aliphatic hydroxyl groups is 1. The predicted molar refractivity (Wildman–Crippen MR) is 39.7 cm³/mol. The molecule has 1 atom stereocenters. The molecule has 0 aromatic heterocycles. The minimum Gasteiger partial charge on any atom is -0.372 e. The van der Waals surface area contributed by atoms with Gasteiger partial charge < -0.3 is 10.4 Å². The Morgan fingerprint density at radius 1 is 1.90 bits per heavy atom. The van der Waals surface area contributed by atoms with Crippen molar-refractivity contribution < 1.29 is 9.90 Å². The first-order valence-electron chi connectivity index (χ1n) is 2.78. The average molecular weight is 164 g/mol. The van der Waals surface area contributed by atoms with E-state index in [1.807, 2.05) is 0 Å². The molecule has 0 saturated carbocycles. The van der Waals surface area contributed by atoms with Gasteiger partial charge in [-0.3, -0.25) is 4.79 Å². The van der Waals surface area contributed by atoms with Gasteiger partial charge in [-0.1, -0.05) is 6.58 Å². The molecule has 3 nitrogen and oxygen atoms in total. The Kier molecular flexibility index (Phi) is 4.07. The second-order valence-electron chi connectivity index (χ2n) is 1.92. The summed E-state index contributed by atoms with van der Waals surface area (Å²) < 4.78 is 0. The third-order valence-corrected chi connectivity index (χ3v) is 1.12. The minimum absolute atomic E-state index is 0.0149. The molecule has 0 aliphatic heterocycles. The fourth-order valence-corrected chi connectivity index (χ4v) is 0.390. The highest BCUT2D eigenvalue weighted by molar-refractivity contribution is 6.18. The number of rotatable bonds is 3. The molecule has 0 spiro atoms. The van der Waals surface area contributed by atoms with E-state index in [1.165, 1.54) is 0 Å². The van der Waals surface area contributed by atoms with Crippen LogP contribution in [0.3, 0.4) is 0 Å². The molecule has 1 unspecified atom stereocenters. The second kappa shape index (κ2) is 4.30. The van der Waals surface area contributed by atoms with Gasteiger partial charge in [0, 0.05) is 5.57 Å². The third kappa shape index (κ3) is 3.48. The number of nitrogens with one attached hydrogen (secondary N) is 1. The smallest absolute Gasteiger partial charge is 0.248 e. The topological polar surface area (TPSA) is 49.3 Å². The van der Waals surface area contributed by atoms with Gasteiger partial charge in [0.1, 0.15) is 6.23 Å². The Balaban J connectivity index is 3.68. The maximum atomic E-state index is 10.7. The monoisotopic (exact) mass is 163 g/mol. The first-order chi connectivity index (χ1) is 4.57. The zero-order chi connectivity index (χ0) is 8.15. The molecule has 0 rings (SSSR count). The van der Waals surface area contributed by atoms with E-state index >= 15 is 0 Å². The van der Waals surface area contributed by atoms with E-state index in [0.717, 1.165) is 0 Å². The molecule has 1 amide bonds. The lowest BCUT2D eigenvalue weighted by molar-refractivity contribution is -0.119. The van der Waals surface area contributed by atoms with Crippen LogP contribution < -0.4 is 5.32 Å². The lowest BCUT2D eigenvalue weighted by Gasteiger charge is -2.08. The second-order valence-corrected chi connectivity index (χ2v) is 2.23. The van der Waals surface area contributed by atoms with E-state index in [1.54, 1.807) is 6.92 Å². The van der Waals surface area contributed by atoms with E-state index in [2.05, 4.69) is 11.9 Å². The van der Waals surface area contributed by atoms with Crippen LogP contribution in [-0.2, 0) is 4.79 Å². The van der Waals surface area contributed by atoms with Gasteiger partial charge in [0.25, 0.3) is 0 Å². The Labute approximate surface area is 64.7 Å². The molecule has 0 radical (unpaired) electrons. The number of hydrogen-bond donors (Lipinski definition) is 2. The summed E-state index contributed by atoms with van der Waals surface area (Å²) in [7, 11) is 0. The quantitative estimate of drug-likeness (QED) is 0.356. The van der Waals surface area contributed by atoms with Crippen molar-refractivity contribution in [2.75, 3.05) is 5.88 Å². The fourth-order valence-electron chi connectivity index (χ4n) is 0.313. The van der Waals surface area contributed by atoms with Gasteiger partial charge in [-0.15, -0.1) is 11.6 Å². The highest BCUT2D eigenvalue weighted by Gasteiger charge is 2.06. The Morgan fingerprint density at radius 3 is 2.70 bits per heavy atom. The number of aliphatic hydroxyl groups excluding tert-OH is 1. The molecular formula is C6H10ClNO2. The fraction of sp³-hybridized carbons (Fsp3) is 0.500. The molecule has 10 heavy (non-hydrogen) atoms. The van der Waals surface area contributed by atoms with Crippen LogP contribution in [0, 0.1) is 0 Å². The molecule has 0 aliphatic rings. The van der Waals surface area contributed by atoms with E-state index < -0.39 is 6.23 Å². The molecule has 0 aromatic rings. The number of halogens is 1. The van der Waals surface area contributed by atoms with Crippen molar-refractivity contribution >= 4 is 17.5 Å². The summed E-state index contributed by atoms with van der Waals surface area (Å²) in [5.74, 6) is -0.396. The normalized spacial score (nSPS) is 12.3. The van der Waals surface area contributed by atoms with Crippen molar-refractivity contribution in [1.82, 2.24) is 5.32 Å². The van der Waals surface area contributed by atoms with E-state index in [4.69, 9.17) is 16.7 Å². The first kappa shape index (κ1) is 9.46. The zero-order valence-corrected chi connectivity index (χ0v) is 6.48. The van der Waals surface area contributed by atoms with E-state index in [-0.39, 0.29) is 11.8 Å². The van der Waals surface area contributed by atoms with Crippen molar-refractivity contribution in [2.24, 2.45) is 0 Å². The van der Waals surface area contributed by atoms with Crippen molar-refractivity contribution in [2.45, 2.75) is 13.2 Å². The van der Waals surface area contributed by atoms with Gasteiger partial charge in [0.15, 0.2) is 0 Å². The Hall–Kier alpha value is -0.540. The van der Waals surface area contributed by atoms with Crippen LogP contribution in [0.2, 0.25) is 0 Å². The van der Waals surface area contributed by atoms with Crippen LogP contribution in [0.1, 0.15) is 6.92 Å². The summed E-state index contributed by atoms with van der Waals surface area (Å²) in [6, 6.07) is 0. The zero-order valence-electron chi connectivity index (χ0n) is 5.72. The maximum Gasteiger partial charge on any atom is 0.248 e. The molecule has 58 valence electrons. The molecule has 2 N–H and O–H groups in total. The highest BCUT2D eigenvalue weighted by atomic mass is 35.5. The van der Waals surface area contributed by atoms with Crippen LogP contribution in [0.4, 0.5) is 0 Å². The van der Waals surface area contributed by atoms with Crippen LogP contribution in [-0.4, -0.2) is 23.1 Å². The Bertz CT molecular complexity index is 147. The van der Waals surface area contributed by atoms with E-state index in [0.29, 0.717) is 5.57 Å². The molecule has 0 heterocycles. The van der Waals surface area contributed by atoms with Gasteiger partial charge in [0.05, 0.1) is 5.88 Å². The van der Waals surface area contributed by atoms with Crippen molar-refractivity contribution in [3.8, 4) is 0 Å². The summed E-state index contributed by atoms with van der Waals surface area (Å²) >= 11 is 5.21. The molecule has 0 aromatic carbocycles. The van der Waals surface area contributed by atoms with Gasteiger partial charge >= 0.3 is 0 Å². The van der Waals surface area contributed by atoms with Crippen LogP contribution in [0.25, 0.3) is 0 Å². The van der Waals surface area contributed by atoms with E-state index in [9.17, 15) is 4.79 Å². The first-order valence-corrected chi connectivity index (χ1v) is 3.31. The van der Waals surface area contributed by atoms with Crippen LogP contribution in [0.5, 0.6) is 0 Å². The largest absolute Gasteiger partial charge is 0.372 e. The van der Waals surface area contributed by atoms with Crippen LogP contribution in [0.15, 0.2) is 12.2 Å². The number of amides is 1. The minimum atomic E-state index is -0.981. The highest BCUT2D eigenvalue weighted by Crippen LogP contribution is 1.88. The summed E-state index contributed by atoms with van der Waals surface area (Å²) in [5, 5.41) is 11.0. The standard InChI is InChI=1S/C6H10ClNO2/c1-4(2)6(10)8-5(9)3-7/h5,9H,1,3H2,2H3,(H,8,10). The summed E-state index contributed by atoms with van der Waals surface area (Å²) in [4.78, 5) is 10.7. The SMILES string of the molecule is C=C(C)C(=O)NC(O)CCl. The van der Waals surface area contributed by atoms with Crippen molar-refractivity contribution in [3.63, 3.8) is 0 Å². The number of alkyl halides is 1. The lowest BCUT2D eigenvalue weighted by atomic mass is 10.3. The molecule has 0 fully saturated rings. The van der Waals surface area contributed by atoms with Gasteiger partial charge in [-0.2, -0.15) is 0 Å². The Morgan fingerprint density at radius 2 is 2.40 bits per heavy atom. The number of carbonyl (C=O) groups excluding carboxylic acids is 1. The summed E-state index contributed by atoms with van der Waals surface area (Å²) in [6.45, 7) is 4.93. The number of hydrogen-bond acceptors (Lipinski definition) is 2. The average Bonchev–Trinajstić information content (AvgIpc) is 1.87. The van der Waals surface area contributed by atoms with Crippen molar-refractivity contribution in [1.29, 1.82) is 0 Å². The van der Waals surface area contributed by atoms with Gasteiger partial charge in [0.2, 0.25) is 5.91 Å². The summed E-state index contributed by atoms with van der Waals surface area (Å²) in [6.07, 6.45) is -0.981. The maximum absolute atomic E-state index is 10.7.